The van der Waals surface area contributed by atoms with Gasteiger partial charge in [0.1, 0.15) is 17.6 Å². The Kier molecular flexibility index (Phi) is 4.77. The topological polar surface area (TPSA) is 95.9 Å². The van der Waals surface area contributed by atoms with Gasteiger partial charge in [-0.15, -0.1) is 0 Å². The van der Waals surface area contributed by atoms with Crippen LogP contribution in [0, 0.1) is 11.3 Å². The molecule has 0 radical (unpaired) electrons. The van der Waals surface area contributed by atoms with E-state index in [-0.39, 0.29) is 23.3 Å². The van der Waals surface area contributed by atoms with Crippen LogP contribution < -0.4 is 21.5 Å². The predicted molar refractivity (Wildman–Crippen MR) is 105 cm³/mol. The van der Waals surface area contributed by atoms with Gasteiger partial charge in [-0.05, 0) is 37.3 Å². The molecule has 8 nitrogen and oxygen atoms in total. The lowest BCUT2D eigenvalue weighted by Crippen LogP contribution is -2.41. The maximum atomic E-state index is 12.2. The van der Waals surface area contributed by atoms with Crippen LogP contribution in [0.2, 0.25) is 0 Å². The van der Waals surface area contributed by atoms with E-state index in [0.29, 0.717) is 11.5 Å². The second kappa shape index (κ2) is 7.24. The summed E-state index contributed by atoms with van der Waals surface area (Å²) in [5.41, 5.74) is 2.09. The van der Waals surface area contributed by atoms with Gasteiger partial charge in [-0.3, -0.25) is 13.9 Å². The Morgan fingerprint density at radius 1 is 1.21 bits per heavy atom. The van der Waals surface area contributed by atoms with Crippen molar-refractivity contribution in [1.29, 1.82) is 5.26 Å². The smallest absolute Gasteiger partial charge is 0.332 e. The molecule has 0 bridgehead atoms. The van der Waals surface area contributed by atoms with Crippen molar-refractivity contribution in [3.8, 4) is 6.07 Å². The van der Waals surface area contributed by atoms with E-state index in [1.807, 2.05) is 6.07 Å². The molecule has 2 aliphatic rings. The van der Waals surface area contributed by atoms with Crippen molar-refractivity contribution in [3.63, 3.8) is 0 Å². The minimum Gasteiger partial charge on any atom is -0.356 e. The lowest BCUT2D eigenvalue weighted by atomic mass is 9.90. The van der Waals surface area contributed by atoms with Crippen LogP contribution in [0.4, 0.5) is 5.82 Å². The van der Waals surface area contributed by atoms with E-state index in [4.69, 9.17) is 5.26 Å². The van der Waals surface area contributed by atoms with Gasteiger partial charge < -0.3 is 10.2 Å². The summed E-state index contributed by atoms with van der Waals surface area (Å²) in [5.74, 6) is 0.668. The van der Waals surface area contributed by atoms with Gasteiger partial charge in [-0.1, -0.05) is 6.07 Å². The van der Waals surface area contributed by atoms with E-state index < -0.39 is 0 Å². The molecule has 0 aromatic carbocycles. The van der Waals surface area contributed by atoms with Crippen LogP contribution in [-0.4, -0.2) is 33.2 Å². The molecule has 1 unspecified atom stereocenters. The number of hydrogen-bond donors (Lipinski definition) is 1. The molecule has 2 atom stereocenters. The van der Waals surface area contributed by atoms with Crippen LogP contribution >= 0.6 is 0 Å². The van der Waals surface area contributed by atoms with Crippen LogP contribution in [0.15, 0.2) is 27.8 Å². The van der Waals surface area contributed by atoms with Gasteiger partial charge >= 0.3 is 5.69 Å². The normalized spacial score (nSPS) is 21.4. The first-order valence-electron chi connectivity index (χ1n) is 9.66. The highest BCUT2D eigenvalue weighted by Crippen LogP contribution is 2.30. The van der Waals surface area contributed by atoms with Crippen molar-refractivity contribution < 1.29 is 0 Å². The van der Waals surface area contributed by atoms with Crippen molar-refractivity contribution in [2.24, 2.45) is 14.1 Å². The third kappa shape index (κ3) is 3.22. The lowest BCUT2D eigenvalue weighted by molar-refractivity contribution is 0.406. The summed E-state index contributed by atoms with van der Waals surface area (Å²) in [6.45, 7) is 1.54. The zero-order chi connectivity index (χ0) is 19.8. The van der Waals surface area contributed by atoms with E-state index >= 15 is 0 Å². The maximum Gasteiger partial charge on any atom is 0.332 e. The maximum absolute atomic E-state index is 12.2. The highest BCUT2D eigenvalue weighted by atomic mass is 16.2. The standard InChI is InChI=1S/C20H24N6O2/c1-24-18(10-19(27)25(2)20(24)28)26-9-8-14(12-26)23-17-5-3-4-16-15(17)7-6-13(11-21)22-16/h6-7,10,14,17,23H,3-5,8-9,12H2,1-2H3/t14-,17?/m1/s1. The average Bonchev–Trinajstić information content (AvgIpc) is 3.17. The average molecular weight is 380 g/mol. The molecule has 0 amide bonds. The summed E-state index contributed by atoms with van der Waals surface area (Å²) in [6, 6.07) is 7.95. The third-order valence-corrected chi connectivity index (χ3v) is 5.86. The summed E-state index contributed by atoms with van der Waals surface area (Å²) < 4.78 is 2.66. The molecule has 3 heterocycles. The fraction of sp³-hybridized carbons (Fsp3) is 0.500. The van der Waals surface area contributed by atoms with Crippen molar-refractivity contribution in [2.45, 2.75) is 37.8 Å². The first-order valence-corrected chi connectivity index (χ1v) is 9.66. The highest BCUT2D eigenvalue weighted by Gasteiger charge is 2.29. The third-order valence-electron chi connectivity index (χ3n) is 5.86. The van der Waals surface area contributed by atoms with Gasteiger partial charge in [0.2, 0.25) is 0 Å². The molecule has 1 aliphatic carbocycles. The Labute approximate surface area is 163 Å². The van der Waals surface area contributed by atoms with Gasteiger partial charge in [0.25, 0.3) is 5.56 Å². The zero-order valence-electron chi connectivity index (χ0n) is 16.2. The number of nitrogens with zero attached hydrogens (tertiary/aromatic N) is 5. The molecule has 1 aliphatic heterocycles. The van der Waals surface area contributed by atoms with Crippen LogP contribution in [0.5, 0.6) is 0 Å². The fourth-order valence-electron chi connectivity index (χ4n) is 4.31. The number of rotatable bonds is 3. The number of aryl methyl sites for hydroxylation is 1. The Morgan fingerprint density at radius 3 is 2.82 bits per heavy atom. The molecule has 2 aromatic heterocycles. The molecule has 8 heteroatoms. The zero-order valence-corrected chi connectivity index (χ0v) is 16.2. The largest absolute Gasteiger partial charge is 0.356 e. The minimum absolute atomic E-state index is 0.224. The summed E-state index contributed by atoms with van der Waals surface area (Å²) in [4.78, 5) is 30.8. The Morgan fingerprint density at radius 2 is 2.04 bits per heavy atom. The molecule has 1 N–H and O–H groups in total. The van der Waals surface area contributed by atoms with Crippen LogP contribution in [0.25, 0.3) is 0 Å². The summed E-state index contributed by atoms with van der Waals surface area (Å²) in [7, 11) is 3.20. The van der Waals surface area contributed by atoms with Gasteiger partial charge in [-0.2, -0.15) is 5.26 Å². The number of hydrogen-bond acceptors (Lipinski definition) is 6. The first-order chi connectivity index (χ1) is 13.5. The second-order valence-electron chi connectivity index (χ2n) is 7.63. The number of nitrogens with one attached hydrogen (secondary N) is 1. The van der Waals surface area contributed by atoms with E-state index in [2.05, 4.69) is 21.3 Å². The molecule has 1 saturated heterocycles. The quantitative estimate of drug-likeness (QED) is 0.838. The van der Waals surface area contributed by atoms with E-state index in [1.54, 1.807) is 13.1 Å². The molecule has 146 valence electrons. The van der Waals surface area contributed by atoms with E-state index in [1.165, 1.54) is 23.2 Å². The number of nitriles is 1. The van der Waals surface area contributed by atoms with Crippen LogP contribution in [0.1, 0.15) is 42.3 Å². The van der Waals surface area contributed by atoms with E-state index in [0.717, 1.165) is 49.0 Å². The van der Waals surface area contributed by atoms with Crippen molar-refractivity contribution in [3.05, 3.63) is 56.0 Å². The van der Waals surface area contributed by atoms with Crippen molar-refractivity contribution in [2.75, 3.05) is 18.0 Å². The van der Waals surface area contributed by atoms with Crippen molar-refractivity contribution >= 4 is 5.82 Å². The van der Waals surface area contributed by atoms with Crippen LogP contribution in [0.3, 0.4) is 0 Å². The molecule has 4 rings (SSSR count). The summed E-state index contributed by atoms with van der Waals surface area (Å²) >= 11 is 0. The Bertz CT molecular complexity index is 1060. The van der Waals surface area contributed by atoms with Crippen LogP contribution in [-0.2, 0) is 20.5 Å². The molecule has 0 saturated carbocycles. The molecule has 0 spiro atoms. The molecule has 28 heavy (non-hydrogen) atoms. The summed E-state index contributed by atoms with van der Waals surface area (Å²) in [6.07, 6.45) is 3.95. The fourth-order valence-corrected chi connectivity index (χ4v) is 4.31. The van der Waals surface area contributed by atoms with Gasteiger partial charge in [0.05, 0.1) is 0 Å². The SMILES string of the molecule is Cn1c(N2CC[C@@H](NC3CCCc4nc(C#N)ccc43)C2)cc(=O)n(C)c1=O. The minimum atomic E-state index is -0.306. The number of aromatic nitrogens is 3. The number of pyridine rings is 1. The molecular weight excluding hydrogens is 356 g/mol. The van der Waals surface area contributed by atoms with Crippen molar-refractivity contribution in [1.82, 2.24) is 19.4 Å². The van der Waals surface area contributed by atoms with Gasteiger partial charge in [0, 0.05) is 51.0 Å². The predicted octanol–water partition coefficient (Wildman–Crippen LogP) is 0.597. The molecular formula is C20H24N6O2. The second-order valence-corrected chi connectivity index (χ2v) is 7.63. The summed E-state index contributed by atoms with van der Waals surface area (Å²) in [5, 5.41) is 12.8. The first kappa shape index (κ1) is 18.4. The monoisotopic (exact) mass is 380 g/mol. The Balaban J connectivity index is 1.51. The number of fused-ring (bicyclic) bond motifs is 1. The highest BCUT2D eigenvalue weighted by molar-refractivity contribution is 5.40. The molecule has 2 aromatic rings. The lowest BCUT2D eigenvalue weighted by Gasteiger charge is -2.29. The molecule has 1 fully saturated rings. The number of anilines is 1. The van der Waals surface area contributed by atoms with Gasteiger partial charge in [0.15, 0.2) is 0 Å². The van der Waals surface area contributed by atoms with Gasteiger partial charge in [-0.25, -0.2) is 9.78 Å². The Hall–Kier alpha value is -2.92. The van der Waals surface area contributed by atoms with E-state index in [9.17, 15) is 9.59 Å².